The molecular formula is C28H31NO7S. The van der Waals surface area contributed by atoms with E-state index in [4.69, 9.17) is 9.47 Å². The van der Waals surface area contributed by atoms with Crippen LogP contribution in [0.25, 0.3) is 0 Å². The van der Waals surface area contributed by atoms with E-state index in [-0.39, 0.29) is 22.8 Å². The molecule has 0 unspecified atom stereocenters. The molecule has 0 spiro atoms. The molecule has 2 aromatic carbocycles. The van der Waals surface area contributed by atoms with Crippen LogP contribution >= 0.6 is 0 Å². The topological polar surface area (TPSA) is 120 Å². The van der Waals surface area contributed by atoms with Gasteiger partial charge in [0, 0.05) is 18.7 Å². The molecule has 0 radical (unpaired) electrons. The van der Waals surface area contributed by atoms with E-state index in [0.717, 1.165) is 5.56 Å². The van der Waals surface area contributed by atoms with Crippen molar-refractivity contribution in [1.29, 1.82) is 0 Å². The Kier molecular flexibility index (Phi) is 8.70. The minimum atomic E-state index is -3.95. The van der Waals surface area contributed by atoms with Crippen LogP contribution in [-0.2, 0) is 19.4 Å². The number of aromatic hydroxyl groups is 1. The fourth-order valence-corrected chi connectivity index (χ4v) is 6.34. The number of Topliss-reactive ketones (excluding diaryl/α,β-unsaturated/α-hetero) is 1. The number of hydrogen-bond donors (Lipinski definition) is 1. The van der Waals surface area contributed by atoms with Crippen LogP contribution < -0.4 is 4.74 Å². The van der Waals surface area contributed by atoms with Crippen molar-refractivity contribution in [1.82, 2.24) is 4.98 Å². The van der Waals surface area contributed by atoms with Gasteiger partial charge in [-0.05, 0) is 38.0 Å². The number of carbonyl (C=O) groups excluding carboxylic acids is 2. The lowest BCUT2D eigenvalue weighted by molar-refractivity contribution is -0.152. The van der Waals surface area contributed by atoms with Crippen LogP contribution in [0, 0.1) is 19.8 Å². The summed E-state index contributed by atoms with van der Waals surface area (Å²) in [6, 6.07) is 15.1. The number of benzene rings is 2. The summed E-state index contributed by atoms with van der Waals surface area (Å²) >= 11 is 0. The Morgan fingerprint density at radius 1 is 1.03 bits per heavy atom. The second kappa shape index (κ2) is 11.6. The summed E-state index contributed by atoms with van der Waals surface area (Å²) in [6.07, 6.45) is -0.0280. The second-order valence-corrected chi connectivity index (χ2v) is 11.1. The third kappa shape index (κ3) is 6.17. The van der Waals surface area contributed by atoms with E-state index in [1.54, 1.807) is 55.5 Å². The van der Waals surface area contributed by atoms with Gasteiger partial charge in [0.25, 0.3) is 0 Å². The number of aromatic nitrogens is 1. The fourth-order valence-electron chi connectivity index (χ4n) is 4.22. The molecule has 37 heavy (non-hydrogen) atoms. The van der Waals surface area contributed by atoms with E-state index in [1.807, 2.05) is 6.92 Å². The van der Waals surface area contributed by atoms with Gasteiger partial charge in [0.05, 0.1) is 17.9 Å². The third-order valence-corrected chi connectivity index (χ3v) is 8.49. The van der Waals surface area contributed by atoms with Crippen molar-refractivity contribution in [2.24, 2.45) is 5.92 Å². The minimum absolute atomic E-state index is 0.0875. The smallest absolute Gasteiger partial charge is 0.309 e. The molecule has 1 N–H and O–H groups in total. The van der Waals surface area contributed by atoms with Gasteiger partial charge in [-0.25, -0.2) is 13.4 Å². The van der Waals surface area contributed by atoms with Crippen molar-refractivity contribution in [3.63, 3.8) is 0 Å². The van der Waals surface area contributed by atoms with Gasteiger partial charge in [-0.1, -0.05) is 55.0 Å². The average Bonchev–Trinajstić information content (AvgIpc) is 2.84. The van der Waals surface area contributed by atoms with E-state index in [9.17, 15) is 23.1 Å². The molecule has 1 aromatic heterocycles. The number of sulfone groups is 1. The zero-order valence-corrected chi connectivity index (χ0v) is 22.3. The number of hydrogen-bond acceptors (Lipinski definition) is 8. The van der Waals surface area contributed by atoms with E-state index < -0.39 is 44.6 Å². The maximum absolute atomic E-state index is 13.8. The number of methoxy groups -OCH3 is 1. The maximum Gasteiger partial charge on any atom is 0.309 e. The lowest BCUT2D eigenvalue weighted by Gasteiger charge is -2.26. The maximum atomic E-state index is 13.8. The molecular weight excluding hydrogens is 494 g/mol. The fraction of sp³-hybridized carbons (Fsp3) is 0.321. The first-order valence-electron chi connectivity index (χ1n) is 11.8. The minimum Gasteiger partial charge on any atom is -0.503 e. The van der Waals surface area contributed by atoms with Crippen molar-refractivity contribution < 1.29 is 32.6 Å². The molecule has 3 atom stereocenters. The monoisotopic (exact) mass is 525 g/mol. The van der Waals surface area contributed by atoms with Crippen LogP contribution in [0.15, 0.2) is 65.7 Å². The number of ketones is 1. The van der Waals surface area contributed by atoms with Gasteiger partial charge in [0.15, 0.2) is 32.8 Å². The van der Waals surface area contributed by atoms with Crippen LogP contribution in [0.4, 0.5) is 0 Å². The molecule has 0 aliphatic carbocycles. The number of aryl methyl sites for hydroxylation is 2. The largest absolute Gasteiger partial charge is 0.503 e. The Labute approximate surface area is 217 Å². The normalized spacial score (nSPS) is 13.9. The van der Waals surface area contributed by atoms with Gasteiger partial charge in [-0.2, -0.15) is 0 Å². The number of rotatable bonds is 10. The van der Waals surface area contributed by atoms with E-state index in [1.165, 1.54) is 33.2 Å². The summed E-state index contributed by atoms with van der Waals surface area (Å²) in [5.41, 5.74) is 1.80. The molecule has 0 bridgehead atoms. The van der Waals surface area contributed by atoms with Gasteiger partial charge in [-0.3, -0.25) is 9.59 Å². The Bertz CT molecular complexity index is 1390. The van der Waals surface area contributed by atoms with Crippen molar-refractivity contribution in [2.45, 2.75) is 50.4 Å². The predicted octanol–water partition coefficient (Wildman–Crippen LogP) is 4.77. The molecule has 3 rings (SSSR count). The lowest BCUT2D eigenvalue weighted by atomic mass is 10.0. The zero-order chi connectivity index (χ0) is 27.3. The molecule has 9 heteroatoms. The van der Waals surface area contributed by atoms with E-state index in [2.05, 4.69) is 4.98 Å². The van der Waals surface area contributed by atoms with E-state index >= 15 is 0 Å². The molecule has 0 saturated heterocycles. The molecule has 0 fully saturated rings. The molecule has 0 aliphatic heterocycles. The highest BCUT2D eigenvalue weighted by Crippen LogP contribution is 2.35. The molecule has 0 amide bonds. The Morgan fingerprint density at radius 3 is 2.32 bits per heavy atom. The van der Waals surface area contributed by atoms with Gasteiger partial charge in [0.1, 0.15) is 11.4 Å². The van der Waals surface area contributed by atoms with Gasteiger partial charge in [0.2, 0.25) is 0 Å². The first-order valence-corrected chi connectivity index (χ1v) is 13.3. The summed E-state index contributed by atoms with van der Waals surface area (Å²) < 4.78 is 38.3. The standard InChI is InChI=1S/C28H31NO7S/c1-17-11-12-24(18(2)15-17)37(33,34)27(21-9-7-6-8-10-21)20(4)36-28(32)19(3)16-22(30)25-26(31)23(35-5)13-14-29-25/h6-15,19-20,27,31H,16H2,1-5H3/t19-,20+,27+/m1/s1. The quantitative estimate of drug-likeness (QED) is 0.297. The Morgan fingerprint density at radius 2 is 1.70 bits per heavy atom. The number of nitrogens with zero attached hydrogens (tertiary/aromatic N) is 1. The van der Waals surface area contributed by atoms with Crippen LogP contribution in [0.2, 0.25) is 0 Å². The lowest BCUT2D eigenvalue weighted by Crippen LogP contribution is -2.31. The number of ether oxygens (including phenoxy) is 2. The molecule has 3 aromatic rings. The van der Waals surface area contributed by atoms with Crippen molar-refractivity contribution in [3.05, 3.63) is 83.2 Å². The summed E-state index contributed by atoms with van der Waals surface area (Å²) in [4.78, 5) is 29.7. The highest BCUT2D eigenvalue weighted by Gasteiger charge is 2.38. The van der Waals surface area contributed by atoms with Crippen LogP contribution in [-0.4, -0.2) is 43.5 Å². The van der Waals surface area contributed by atoms with Gasteiger partial charge >= 0.3 is 5.97 Å². The SMILES string of the molecule is COc1ccnc(C(=O)C[C@@H](C)C(=O)O[C@@H](C)[C@@H](c2ccccc2)S(=O)(=O)c2ccc(C)cc2C)c1O. The number of pyridine rings is 1. The van der Waals surface area contributed by atoms with Gasteiger partial charge in [-0.15, -0.1) is 0 Å². The van der Waals surface area contributed by atoms with Gasteiger partial charge < -0.3 is 14.6 Å². The van der Waals surface area contributed by atoms with Crippen molar-refractivity contribution in [2.75, 3.05) is 7.11 Å². The van der Waals surface area contributed by atoms with Crippen LogP contribution in [0.1, 0.15) is 52.7 Å². The second-order valence-electron chi connectivity index (χ2n) is 9.03. The summed E-state index contributed by atoms with van der Waals surface area (Å²) in [7, 11) is -2.61. The van der Waals surface area contributed by atoms with Crippen molar-refractivity contribution >= 4 is 21.6 Å². The Hall–Kier alpha value is -3.72. The molecule has 1 heterocycles. The van der Waals surface area contributed by atoms with E-state index in [0.29, 0.717) is 11.1 Å². The highest BCUT2D eigenvalue weighted by atomic mass is 32.2. The first kappa shape index (κ1) is 27.9. The summed E-state index contributed by atoms with van der Waals surface area (Å²) in [5, 5.41) is 9.04. The van der Waals surface area contributed by atoms with Crippen molar-refractivity contribution in [3.8, 4) is 11.5 Å². The molecule has 8 nitrogen and oxygen atoms in total. The molecule has 0 aliphatic rings. The first-order chi connectivity index (χ1) is 17.5. The predicted molar refractivity (Wildman–Crippen MR) is 138 cm³/mol. The third-order valence-electron chi connectivity index (χ3n) is 6.09. The molecule has 196 valence electrons. The summed E-state index contributed by atoms with van der Waals surface area (Å²) in [5.74, 6) is -2.55. The number of carbonyl (C=O) groups is 2. The Balaban J connectivity index is 1.85. The van der Waals surface area contributed by atoms with Crippen LogP contribution in [0.5, 0.6) is 11.5 Å². The number of esters is 1. The highest BCUT2D eigenvalue weighted by molar-refractivity contribution is 7.91. The van der Waals surface area contributed by atoms with Crippen LogP contribution in [0.3, 0.4) is 0 Å². The average molecular weight is 526 g/mol. The zero-order valence-electron chi connectivity index (χ0n) is 21.5. The summed E-state index contributed by atoms with van der Waals surface area (Å²) in [6.45, 7) is 6.64. The molecule has 0 saturated carbocycles.